The van der Waals surface area contributed by atoms with Crippen molar-refractivity contribution < 1.29 is 8.42 Å². The second-order valence-electron chi connectivity index (χ2n) is 6.25. The summed E-state index contributed by atoms with van der Waals surface area (Å²) in [5.41, 5.74) is 2.51. The summed E-state index contributed by atoms with van der Waals surface area (Å²) >= 11 is 0. The molecule has 6 nitrogen and oxygen atoms in total. The zero-order valence-corrected chi connectivity index (χ0v) is 15.8. The van der Waals surface area contributed by atoms with Crippen molar-refractivity contribution in [3.05, 3.63) is 96.7 Å². The molecule has 0 unspecified atom stereocenters. The zero-order valence-electron chi connectivity index (χ0n) is 14.9. The van der Waals surface area contributed by atoms with E-state index in [4.69, 9.17) is 0 Å². The highest BCUT2D eigenvalue weighted by atomic mass is 32.2. The number of aromatic nitrogens is 3. The third-order valence-corrected chi connectivity index (χ3v) is 5.64. The SMILES string of the molecule is O=S(=O)(Nc1cn(Cc2ccccc2)nn1)c1ccccc1-c1ccccc1. The first-order chi connectivity index (χ1) is 13.6. The molecule has 0 aliphatic heterocycles. The molecule has 0 saturated heterocycles. The molecule has 4 aromatic rings. The lowest BCUT2D eigenvalue weighted by Gasteiger charge is -2.11. The van der Waals surface area contributed by atoms with Crippen molar-refractivity contribution >= 4 is 15.8 Å². The number of nitrogens with zero attached hydrogens (tertiary/aromatic N) is 3. The minimum Gasteiger partial charge on any atom is -0.260 e. The highest BCUT2D eigenvalue weighted by Gasteiger charge is 2.20. The van der Waals surface area contributed by atoms with Crippen LogP contribution >= 0.6 is 0 Å². The van der Waals surface area contributed by atoms with Crippen LogP contribution in [0.1, 0.15) is 5.56 Å². The molecular weight excluding hydrogens is 372 g/mol. The van der Waals surface area contributed by atoms with Crippen molar-refractivity contribution in [3.63, 3.8) is 0 Å². The second kappa shape index (κ2) is 7.66. The maximum Gasteiger partial charge on any atom is 0.263 e. The Hall–Kier alpha value is -3.45. The van der Waals surface area contributed by atoms with E-state index >= 15 is 0 Å². The molecule has 0 fully saturated rings. The fourth-order valence-electron chi connectivity index (χ4n) is 2.94. The number of hydrogen-bond acceptors (Lipinski definition) is 4. The molecule has 1 aromatic heterocycles. The number of hydrogen-bond donors (Lipinski definition) is 1. The van der Waals surface area contributed by atoms with Crippen LogP contribution in [0.4, 0.5) is 5.82 Å². The minimum atomic E-state index is -3.82. The lowest BCUT2D eigenvalue weighted by Crippen LogP contribution is -2.14. The Bertz CT molecular complexity index is 1170. The Kier molecular flexibility index (Phi) is 4.90. The summed E-state index contributed by atoms with van der Waals surface area (Å²) in [6, 6.07) is 26.1. The van der Waals surface area contributed by atoms with Gasteiger partial charge in [0.05, 0.1) is 17.6 Å². The molecule has 0 aliphatic carbocycles. The normalized spacial score (nSPS) is 11.3. The third-order valence-electron chi connectivity index (χ3n) is 4.23. The van der Waals surface area contributed by atoms with E-state index in [2.05, 4.69) is 15.0 Å². The number of anilines is 1. The van der Waals surface area contributed by atoms with Crippen LogP contribution in [0, 0.1) is 0 Å². The Labute approximate surface area is 163 Å². The monoisotopic (exact) mass is 390 g/mol. The number of rotatable bonds is 6. The van der Waals surface area contributed by atoms with Gasteiger partial charge in [-0.05, 0) is 17.2 Å². The molecule has 0 bridgehead atoms. The highest BCUT2D eigenvalue weighted by molar-refractivity contribution is 7.92. The minimum absolute atomic E-state index is 0.179. The van der Waals surface area contributed by atoms with Crippen molar-refractivity contribution in [1.29, 1.82) is 0 Å². The van der Waals surface area contributed by atoms with Gasteiger partial charge in [-0.3, -0.25) is 4.72 Å². The van der Waals surface area contributed by atoms with Crippen LogP contribution in [0.2, 0.25) is 0 Å². The summed E-state index contributed by atoms with van der Waals surface area (Å²) < 4.78 is 30.1. The zero-order chi connectivity index (χ0) is 19.4. The second-order valence-corrected chi connectivity index (χ2v) is 7.91. The van der Waals surface area contributed by atoms with Gasteiger partial charge < -0.3 is 0 Å². The lowest BCUT2D eigenvalue weighted by atomic mass is 10.1. The number of nitrogens with one attached hydrogen (secondary N) is 1. The van der Waals surface area contributed by atoms with Crippen LogP contribution in [0.3, 0.4) is 0 Å². The molecule has 0 aliphatic rings. The van der Waals surface area contributed by atoms with Gasteiger partial charge in [-0.15, -0.1) is 5.10 Å². The van der Waals surface area contributed by atoms with Gasteiger partial charge >= 0.3 is 0 Å². The van der Waals surface area contributed by atoms with Gasteiger partial charge in [0.2, 0.25) is 0 Å². The summed E-state index contributed by atoms with van der Waals surface area (Å²) in [5, 5.41) is 7.96. The predicted molar refractivity (Wildman–Crippen MR) is 108 cm³/mol. The van der Waals surface area contributed by atoms with Gasteiger partial charge in [0.25, 0.3) is 10.0 Å². The molecule has 1 N–H and O–H groups in total. The Morgan fingerprint density at radius 3 is 2.21 bits per heavy atom. The van der Waals surface area contributed by atoms with E-state index in [0.717, 1.165) is 11.1 Å². The van der Waals surface area contributed by atoms with Crippen LogP contribution in [-0.2, 0) is 16.6 Å². The first kappa shape index (κ1) is 17.9. The van der Waals surface area contributed by atoms with E-state index in [1.54, 1.807) is 29.1 Å². The van der Waals surface area contributed by atoms with Gasteiger partial charge in [-0.25, -0.2) is 13.1 Å². The Morgan fingerprint density at radius 1 is 0.821 bits per heavy atom. The molecule has 0 spiro atoms. The van der Waals surface area contributed by atoms with E-state index in [9.17, 15) is 8.42 Å². The maximum atomic E-state index is 13.0. The number of sulfonamides is 1. The highest BCUT2D eigenvalue weighted by Crippen LogP contribution is 2.28. The van der Waals surface area contributed by atoms with E-state index in [1.807, 2.05) is 66.7 Å². The molecule has 140 valence electrons. The maximum absolute atomic E-state index is 13.0. The molecule has 0 radical (unpaired) electrons. The first-order valence-electron chi connectivity index (χ1n) is 8.73. The van der Waals surface area contributed by atoms with Crippen molar-refractivity contribution in [3.8, 4) is 11.1 Å². The quantitative estimate of drug-likeness (QED) is 0.543. The van der Waals surface area contributed by atoms with Gasteiger partial charge in [-0.2, -0.15) is 0 Å². The Morgan fingerprint density at radius 2 is 1.46 bits per heavy atom. The topological polar surface area (TPSA) is 76.9 Å². The van der Waals surface area contributed by atoms with Gasteiger partial charge in [0.1, 0.15) is 0 Å². The lowest BCUT2D eigenvalue weighted by molar-refractivity contribution is 0.601. The van der Waals surface area contributed by atoms with Crippen molar-refractivity contribution in [2.24, 2.45) is 0 Å². The van der Waals surface area contributed by atoms with E-state index in [-0.39, 0.29) is 10.7 Å². The van der Waals surface area contributed by atoms with Crippen molar-refractivity contribution in [1.82, 2.24) is 15.0 Å². The molecule has 4 rings (SSSR count). The molecule has 3 aromatic carbocycles. The molecule has 1 heterocycles. The van der Waals surface area contributed by atoms with E-state index in [1.165, 1.54) is 0 Å². The van der Waals surface area contributed by atoms with Crippen molar-refractivity contribution in [2.45, 2.75) is 11.4 Å². The molecule has 28 heavy (non-hydrogen) atoms. The van der Waals surface area contributed by atoms with Crippen LogP contribution in [0.15, 0.2) is 96.0 Å². The largest absolute Gasteiger partial charge is 0.263 e. The van der Waals surface area contributed by atoms with Crippen LogP contribution in [0.25, 0.3) is 11.1 Å². The third kappa shape index (κ3) is 3.94. The summed E-state index contributed by atoms with van der Waals surface area (Å²) in [4.78, 5) is 0.193. The smallest absolute Gasteiger partial charge is 0.260 e. The first-order valence-corrected chi connectivity index (χ1v) is 10.2. The standard InChI is InChI=1S/C21H18N4O2S/c26-28(27,20-14-8-7-13-19(20)18-11-5-2-6-12-18)23-21-16-25(24-22-21)15-17-9-3-1-4-10-17/h1-14,16,23H,15H2. The molecular formula is C21H18N4O2S. The average molecular weight is 390 g/mol. The van der Waals surface area contributed by atoms with Gasteiger partial charge in [0, 0.05) is 5.56 Å². The molecule has 0 atom stereocenters. The number of benzene rings is 3. The average Bonchev–Trinajstić information content (AvgIpc) is 3.15. The summed E-state index contributed by atoms with van der Waals surface area (Å²) in [6.07, 6.45) is 1.58. The van der Waals surface area contributed by atoms with Gasteiger partial charge in [-0.1, -0.05) is 84.1 Å². The van der Waals surface area contributed by atoms with Gasteiger partial charge in [0.15, 0.2) is 5.82 Å². The van der Waals surface area contributed by atoms with Crippen LogP contribution in [-0.4, -0.2) is 23.4 Å². The fourth-order valence-corrected chi connectivity index (χ4v) is 4.15. The Balaban J connectivity index is 1.59. The fraction of sp³-hybridized carbons (Fsp3) is 0.0476. The predicted octanol–water partition coefficient (Wildman–Crippen LogP) is 3.79. The summed E-state index contributed by atoms with van der Waals surface area (Å²) in [7, 11) is -3.82. The van der Waals surface area contributed by atoms with Crippen molar-refractivity contribution in [2.75, 3.05) is 4.72 Å². The summed E-state index contributed by atoms with van der Waals surface area (Å²) in [6.45, 7) is 0.510. The van der Waals surface area contributed by atoms with Crippen LogP contribution < -0.4 is 4.72 Å². The molecule has 7 heteroatoms. The van der Waals surface area contributed by atoms with E-state index in [0.29, 0.717) is 12.1 Å². The van der Waals surface area contributed by atoms with E-state index < -0.39 is 10.0 Å². The molecule has 0 amide bonds. The summed E-state index contributed by atoms with van der Waals surface area (Å²) in [5.74, 6) is 0.179. The molecule has 0 saturated carbocycles. The van der Waals surface area contributed by atoms with Crippen LogP contribution in [0.5, 0.6) is 0 Å².